The normalized spacial score (nSPS) is 16.7. The van der Waals surface area contributed by atoms with Gasteiger partial charge in [0.05, 0.1) is 12.6 Å². The molecule has 16 nitrogen and oxygen atoms in total. The van der Waals surface area contributed by atoms with Crippen LogP contribution in [0.5, 0.6) is 0 Å². The van der Waals surface area contributed by atoms with Crippen LogP contribution in [0.15, 0.2) is 35.3 Å². The highest BCUT2D eigenvalue weighted by Gasteiger charge is 2.38. The quantitative estimate of drug-likeness (QED) is 0.0504. The molecular formula is C31H49N9O7. The number of aliphatic imine (C=N–C) groups is 1. The number of carboxylic acids is 1. The molecule has 16 heteroatoms. The van der Waals surface area contributed by atoms with E-state index in [1.54, 1.807) is 0 Å². The van der Waals surface area contributed by atoms with Crippen molar-refractivity contribution in [2.45, 2.75) is 89.5 Å². The number of hydrogen-bond donors (Lipinski definition) is 8. The number of hydrogen-bond acceptors (Lipinski definition) is 8. The third kappa shape index (κ3) is 13.3. The lowest BCUT2D eigenvalue weighted by molar-refractivity contribution is -0.143. The van der Waals surface area contributed by atoms with Gasteiger partial charge in [0.2, 0.25) is 29.5 Å². The fourth-order valence-corrected chi connectivity index (χ4v) is 5.13. The Labute approximate surface area is 274 Å². The summed E-state index contributed by atoms with van der Waals surface area (Å²) in [5, 5.41) is 19.6. The van der Waals surface area contributed by atoms with Crippen LogP contribution in [0, 0.1) is 5.92 Å². The predicted molar refractivity (Wildman–Crippen MR) is 174 cm³/mol. The SMILES string of the molecule is CC(C)C[C@H](NC(=O)[C@H](C)NC(=O)[C@@H](N)Cc1ccccc1)C(=O)N1CCC[C@H]1C(=O)NCC(=O)N[C@@H](CCCN=C(N)N)C(=O)O. The van der Waals surface area contributed by atoms with Crippen molar-refractivity contribution >= 4 is 41.5 Å². The maximum Gasteiger partial charge on any atom is 0.326 e. The molecule has 2 rings (SSSR count). The maximum atomic E-state index is 13.7. The van der Waals surface area contributed by atoms with E-state index in [1.807, 2.05) is 44.2 Å². The van der Waals surface area contributed by atoms with Crippen LogP contribution in [0.1, 0.15) is 58.4 Å². The molecule has 260 valence electrons. The van der Waals surface area contributed by atoms with Crippen molar-refractivity contribution in [1.29, 1.82) is 0 Å². The number of likely N-dealkylation sites (tertiary alicyclic amines) is 1. The van der Waals surface area contributed by atoms with Crippen molar-refractivity contribution in [2.24, 2.45) is 28.1 Å². The van der Waals surface area contributed by atoms with Crippen molar-refractivity contribution in [3.63, 3.8) is 0 Å². The minimum Gasteiger partial charge on any atom is -0.480 e. The average molecular weight is 660 g/mol. The zero-order valence-electron chi connectivity index (χ0n) is 27.2. The Kier molecular flexibility index (Phi) is 15.6. The van der Waals surface area contributed by atoms with Gasteiger partial charge in [0.15, 0.2) is 5.96 Å². The van der Waals surface area contributed by atoms with Gasteiger partial charge in [0, 0.05) is 13.1 Å². The van der Waals surface area contributed by atoms with Crippen LogP contribution in [-0.4, -0.2) is 101 Å². The van der Waals surface area contributed by atoms with E-state index >= 15 is 0 Å². The molecular weight excluding hydrogens is 610 g/mol. The molecule has 0 saturated carbocycles. The predicted octanol–water partition coefficient (Wildman–Crippen LogP) is -1.68. The molecule has 1 saturated heterocycles. The van der Waals surface area contributed by atoms with E-state index in [-0.39, 0.29) is 44.2 Å². The first-order chi connectivity index (χ1) is 22.2. The van der Waals surface area contributed by atoms with Crippen molar-refractivity contribution < 1.29 is 33.9 Å². The Morgan fingerprint density at radius 1 is 0.979 bits per heavy atom. The largest absolute Gasteiger partial charge is 0.480 e. The van der Waals surface area contributed by atoms with Gasteiger partial charge in [-0.05, 0) is 56.9 Å². The minimum absolute atomic E-state index is 0.00802. The van der Waals surface area contributed by atoms with Gasteiger partial charge in [-0.3, -0.25) is 29.0 Å². The number of carbonyl (C=O) groups excluding carboxylic acids is 5. The van der Waals surface area contributed by atoms with Gasteiger partial charge in [0.1, 0.15) is 24.2 Å². The smallest absolute Gasteiger partial charge is 0.326 e. The fourth-order valence-electron chi connectivity index (χ4n) is 5.13. The van der Waals surface area contributed by atoms with Crippen LogP contribution in [0.3, 0.4) is 0 Å². The summed E-state index contributed by atoms with van der Waals surface area (Å²) < 4.78 is 0. The fraction of sp³-hybridized carbons (Fsp3) is 0.581. The van der Waals surface area contributed by atoms with E-state index in [9.17, 15) is 33.9 Å². The van der Waals surface area contributed by atoms with Gasteiger partial charge in [-0.2, -0.15) is 0 Å². The van der Waals surface area contributed by atoms with Gasteiger partial charge in [-0.1, -0.05) is 44.2 Å². The molecule has 5 amide bonds. The summed E-state index contributed by atoms with van der Waals surface area (Å²) >= 11 is 0. The van der Waals surface area contributed by atoms with Crippen LogP contribution >= 0.6 is 0 Å². The maximum absolute atomic E-state index is 13.7. The van der Waals surface area contributed by atoms with Gasteiger partial charge in [-0.15, -0.1) is 0 Å². The zero-order chi connectivity index (χ0) is 35.1. The molecule has 47 heavy (non-hydrogen) atoms. The molecule has 1 fully saturated rings. The summed E-state index contributed by atoms with van der Waals surface area (Å²) in [5.41, 5.74) is 17.4. The van der Waals surface area contributed by atoms with Crippen molar-refractivity contribution in [3.05, 3.63) is 35.9 Å². The Morgan fingerprint density at radius 3 is 2.28 bits per heavy atom. The van der Waals surface area contributed by atoms with Crippen LogP contribution in [0.25, 0.3) is 0 Å². The number of carbonyl (C=O) groups is 6. The average Bonchev–Trinajstić information content (AvgIpc) is 3.50. The Morgan fingerprint density at radius 2 is 1.66 bits per heavy atom. The van der Waals surface area contributed by atoms with Crippen LogP contribution in [0.2, 0.25) is 0 Å². The molecule has 0 radical (unpaired) electrons. The first kappa shape index (κ1) is 38.5. The number of nitrogens with zero attached hydrogens (tertiary/aromatic N) is 2. The summed E-state index contributed by atoms with van der Waals surface area (Å²) in [4.78, 5) is 81.6. The van der Waals surface area contributed by atoms with Crippen molar-refractivity contribution in [2.75, 3.05) is 19.6 Å². The monoisotopic (exact) mass is 659 g/mol. The molecule has 0 aliphatic carbocycles. The first-order valence-corrected chi connectivity index (χ1v) is 15.8. The molecule has 0 aromatic heterocycles. The Balaban J connectivity index is 1.96. The van der Waals surface area contributed by atoms with E-state index in [2.05, 4.69) is 26.3 Å². The minimum atomic E-state index is -1.25. The summed E-state index contributed by atoms with van der Waals surface area (Å²) in [6, 6.07) is 4.32. The second-order valence-electron chi connectivity index (χ2n) is 12.0. The summed E-state index contributed by atoms with van der Waals surface area (Å²) in [6.45, 7) is 5.24. The highest BCUT2D eigenvalue weighted by molar-refractivity contribution is 5.96. The number of carboxylic acid groups (broad SMARTS) is 1. The number of rotatable bonds is 18. The number of nitrogens with two attached hydrogens (primary N) is 3. The highest BCUT2D eigenvalue weighted by Crippen LogP contribution is 2.20. The van der Waals surface area contributed by atoms with E-state index < -0.39 is 72.3 Å². The summed E-state index contributed by atoms with van der Waals surface area (Å²) in [6.07, 6.45) is 1.82. The Hall–Kier alpha value is -4.73. The van der Waals surface area contributed by atoms with E-state index in [0.717, 1.165) is 5.56 Å². The van der Waals surface area contributed by atoms with Crippen LogP contribution in [0.4, 0.5) is 0 Å². The molecule has 1 aliphatic heterocycles. The zero-order valence-corrected chi connectivity index (χ0v) is 27.2. The van der Waals surface area contributed by atoms with E-state index in [0.29, 0.717) is 19.3 Å². The molecule has 1 aromatic rings. The third-order valence-corrected chi connectivity index (χ3v) is 7.55. The molecule has 0 spiro atoms. The van der Waals surface area contributed by atoms with E-state index in [4.69, 9.17) is 17.2 Å². The van der Waals surface area contributed by atoms with Gasteiger partial charge >= 0.3 is 5.97 Å². The summed E-state index contributed by atoms with van der Waals surface area (Å²) in [7, 11) is 0. The topological polar surface area (TPSA) is 264 Å². The number of amides is 5. The Bertz CT molecular complexity index is 1270. The first-order valence-electron chi connectivity index (χ1n) is 15.8. The number of nitrogens with one attached hydrogen (secondary N) is 4. The number of aliphatic carboxylic acids is 1. The second-order valence-corrected chi connectivity index (χ2v) is 12.0. The lowest BCUT2D eigenvalue weighted by atomic mass is 10.0. The van der Waals surface area contributed by atoms with Crippen molar-refractivity contribution in [1.82, 2.24) is 26.2 Å². The molecule has 5 atom stereocenters. The molecule has 1 aliphatic rings. The highest BCUT2D eigenvalue weighted by atomic mass is 16.4. The molecule has 11 N–H and O–H groups in total. The third-order valence-electron chi connectivity index (χ3n) is 7.55. The lowest BCUT2D eigenvalue weighted by Crippen LogP contribution is -2.57. The molecule has 0 bridgehead atoms. The van der Waals surface area contributed by atoms with Crippen LogP contribution in [-0.2, 0) is 35.2 Å². The van der Waals surface area contributed by atoms with E-state index in [1.165, 1.54) is 11.8 Å². The van der Waals surface area contributed by atoms with Crippen LogP contribution < -0.4 is 38.5 Å². The summed E-state index contributed by atoms with van der Waals surface area (Å²) in [5.74, 6) is -4.20. The van der Waals surface area contributed by atoms with Gasteiger partial charge in [0.25, 0.3) is 0 Å². The molecule has 1 aromatic carbocycles. The number of guanidine groups is 1. The van der Waals surface area contributed by atoms with Gasteiger partial charge < -0.3 is 48.5 Å². The molecule has 1 heterocycles. The van der Waals surface area contributed by atoms with Gasteiger partial charge in [-0.25, -0.2) is 4.79 Å². The number of benzene rings is 1. The second kappa shape index (κ2) is 19.1. The molecule has 0 unspecified atom stereocenters. The standard InChI is InChI=1S/C31H49N9O7/c1-18(2)15-23(39-26(42)19(3)37-27(43)21(32)16-20-9-5-4-6-10-20)29(45)40-14-8-12-24(40)28(44)36-17-25(41)38-22(30(46)47)11-7-13-35-31(33)34/h4-6,9-10,18-19,21-24H,7-8,11-17,32H2,1-3H3,(H,36,44)(H,37,43)(H,38,41)(H,39,42)(H,46,47)(H4,33,34,35)/t19-,21-,22-,23-,24-/m0/s1. The van der Waals surface area contributed by atoms with Crippen molar-refractivity contribution in [3.8, 4) is 0 Å². The lowest BCUT2D eigenvalue weighted by Gasteiger charge is -2.30.